The molecule has 4 amide bonds. The Kier molecular flexibility index (Phi) is 19.2. The van der Waals surface area contributed by atoms with Gasteiger partial charge in [0.2, 0.25) is 0 Å². The van der Waals surface area contributed by atoms with E-state index in [2.05, 4.69) is 21.3 Å². The predicted molar refractivity (Wildman–Crippen MR) is 287 cm³/mol. The van der Waals surface area contributed by atoms with Gasteiger partial charge in [-0.3, -0.25) is 0 Å². The lowest BCUT2D eigenvalue weighted by atomic mass is 9.78. The molecule has 4 unspecified atom stereocenters. The summed E-state index contributed by atoms with van der Waals surface area (Å²) in [7, 11) is 0. The van der Waals surface area contributed by atoms with E-state index in [1.165, 1.54) is 6.42 Å². The van der Waals surface area contributed by atoms with Crippen LogP contribution in [0.2, 0.25) is 0 Å². The molecule has 4 aromatic rings. The Bertz CT molecular complexity index is 2410. The number of amides is 4. The lowest BCUT2D eigenvalue weighted by molar-refractivity contribution is -0.118. The van der Waals surface area contributed by atoms with Crippen LogP contribution in [0, 0.1) is 35.0 Å². The summed E-state index contributed by atoms with van der Waals surface area (Å²) in [6.07, 6.45) is 4.42. The van der Waals surface area contributed by atoms with Crippen molar-refractivity contribution in [3.05, 3.63) is 144 Å². The Balaban J connectivity index is 0.000000124. The van der Waals surface area contributed by atoms with E-state index in [9.17, 15) is 19.2 Å². The molecule has 4 aromatic carbocycles. The number of benzene rings is 4. The normalized spacial score (nSPS) is 24.9. The molecule has 2 saturated carbocycles. The molecule has 17 heteroatoms. The molecule has 4 atom stereocenters. The summed E-state index contributed by atoms with van der Waals surface area (Å²) in [5.74, 6) is 3.24. The minimum absolute atomic E-state index is 0.171. The third-order valence-electron chi connectivity index (χ3n) is 16.5. The van der Waals surface area contributed by atoms with E-state index in [1.807, 2.05) is 126 Å². The Morgan fingerprint density at radius 1 is 0.539 bits per heavy atom. The number of piperidine rings is 4. The number of rotatable bonds is 10. The summed E-state index contributed by atoms with van der Waals surface area (Å²) in [5.41, 5.74) is 10.2. The molecule has 8 fully saturated rings. The van der Waals surface area contributed by atoms with Gasteiger partial charge in [0.25, 0.3) is 0 Å². The molecule has 76 heavy (non-hydrogen) atoms. The number of carbonyl (C=O) groups excluding carboxylic acids is 4. The minimum Gasteiger partial charge on any atom is -0.445 e. The number of fused-ring (bicyclic) bond motifs is 2. The average Bonchev–Trinajstić information content (AvgIpc) is 3.89. The van der Waals surface area contributed by atoms with Crippen LogP contribution in [0.25, 0.3) is 0 Å². The Labute approximate surface area is 447 Å². The second kappa shape index (κ2) is 26.7. The molecule has 12 rings (SSSR count). The van der Waals surface area contributed by atoms with Gasteiger partial charge in [-0.1, -0.05) is 121 Å². The van der Waals surface area contributed by atoms with Crippen LogP contribution in [-0.4, -0.2) is 142 Å². The molecule has 0 aromatic heterocycles. The summed E-state index contributed by atoms with van der Waals surface area (Å²) >= 11 is 0. The zero-order chi connectivity index (χ0) is 52.6. The number of alkyl carbamates (subject to hydrolysis) is 1. The van der Waals surface area contributed by atoms with Gasteiger partial charge >= 0.3 is 24.4 Å². The van der Waals surface area contributed by atoms with Crippen molar-refractivity contribution in [2.75, 3.05) is 91.7 Å². The van der Waals surface area contributed by atoms with Gasteiger partial charge in [-0.15, -0.1) is 0 Å². The van der Waals surface area contributed by atoms with E-state index in [1.54, 1.807) is 9.80 Å². The molecule has 6 saturated heterocycles. The summed E-state index contributed by atoms with van der Waals surface area (Å²) in [6, 6.07) is 39.4. The SMILES string of the molecule is NC1C2CN(C(=O)OCc3ccccc3)CC12.O=C(NCC1C2CNCC21)OCc1ccccc1.O=C(OCc1ccccc1)N1CCC2(CCNC2)CC1.O=C(OCc1ccccc1)N1CCOC2(CCNCC2)C1. The molecular weight excluding hydrogens is 965 g/mol. The van der Waals surface area contributed by atoms with Crippen molar-refractivity contribution < 1.29 is 42.9 Å². The highest BCUT2D eigenvalue weighted by Gasteiger charge is 2.55. The highest BCUT2D eigenvalue weighted by Crippen LogP contribution is 2.48. The molecule has 2 aliphatic carbocycles. The second-order valence-electron chi connectivity index (χ2n) is 21.6. The number of morpholine rings is 1. The fourth-order valence-corrected chi connectivity index (χ4v) is 11.5. The Morgan fingerprint density at radius 2 is 1.00 bits per heavy atom. The van der Waals surface area contributed by atoms with E-state index in [0.717, 1.165) is 132 Å². The predicted octanol–water partition coefficient (Wildman–Crippen LogP) is 6.77. The molecule has 2 spiro atoms. The summed E-state index contributed by atoms with van der Waals surface area (Å²) in [6.45, 7) is 13.5. The van der Waals surface area contributed by atoms with Gasteiger partial charge in [0, 0.05) is 51.9 Å². The second-order valence-corrected chi connectivity index (χ2v) is 21.6. The van der Waals surface area contributed by atoms with Gasteiger partial charge in [-0.05, 0) is 122 Å². The molecule has 0 bridgehead atoms. The van der Waals surface area contributed by atoms with Crippen molar-refractivity contribution in [3.63, 3.8) is 0 Å². The minimum atomic E-state index is -0.309. The number of nitrogens with one attached hydrogen (secondary N) is 4. The number of carbonyl (C=O) groups is 4. The van der Waals surface area contributed by atoms with Gasteiger partial charge in [0.05, 0.1) is 18.8 Å². The smallest absolute Gasteiger partial charge is 0.410 e. The Hall–Kier alpha value is -6.24. The highest BCUT2D eigenvalue weighted by molar-refractivity contribution is 5.69. The molecule has 6 N–H and O–H groups in total. The molecule has 6 aliphatic heterocycles. The third-order valence-corrected chi connectivity index (χ3v) is 16.5. The summed E-state index contributed by atoms with van der Waals surface area (Å²) < 4.78 is 27.2. The van der Waals surface area contributed by atoms with Crippen LogP contribution in [0.4, 0.5) is 19.2 Å². The largest absolute Gasteiger partial charge is 0.445 e. The maximum absolute atomic E-state index is 12.2. The lowest BCUT2D eigenvalue weighted by Gasteiger charge is -2.44. The van der Waals surface area contributed by atoms with Gasteiger partial charge < -0.3 is 65.4 Å². The first kappa shape index (κ1) is 54.5. The first-order chi connectivity index (χ1) is 37.1. The van der Waals surface area contributed by atoms with E-state index in [0.29, 0.717) is 75.3 Å². The number of nitrogens with two attached hydrogens (primary N) is 1. The Morgan fingerprint density at radius 3 is 1.49 bits per heavy atom. The molecular formula is C59H78N8O9. The number of hydrogen-bond acceptors (Lipinski definition) is 13. The molecule has 408 valence electrons. The van der Waals surface area contributed by atoms with Gasteiger partial charge in [-0.25, -0.2) is 19.2 Å². The molecule has 6 heterocycles. The van der Waals surface area contributed by atoms with E-state index >= 15 is 0 Å². The van der Waals surface area contributed by atoms with Crippen molar-refractivity contribution in [2.24, 2.45) is 40.7 Å². The van der Waals surface area contributed by atoms with E-state index in [4.69, 9.17) is 29.4 Å². The highest BCUT2D eigenvalue weighted by atomic mass is 16.6. The van der Waals surface area contributed by atoms with Crippen LogP contribution in [0.3, 0.4) is 0 Å². The maximum Gasteiger partial charge on any atom is 0.410 e. The van der Waals surface area contributed by atoms with Crippen molar-refractivity contribution in [2.45, 2.75) is 70.2 Å². The van der Waals surface area contributed by atoms with E-state index in [-0.39, 0.29) is 30.0 Å². The molecule has 8 aliphatic rings. The van der Waals surface area contributed by atoms with Crippen LogP contribution in [0.15, 0.2) is 121 Å². The number of hydrogen-bond donors (Lipinski definition) is 5. The van der Waals surface area contributed by atoms with Crippen LogP contribution in [0.1, 0.15) is 54.4 Å². The summed E-state index contributed by atoms with van der Waals surface area (Å²) in [4.78, 5) is 53.0. The maximum atomic E-state index is 12.2. The average molecular weight is 1040 g/mol. The topological polar surface area (TPSA) is 198 Å². The number of ether oxygens (including phenoxy) is 5. The van der Waals surface area contributed by atoms with Crippen molar-refractivity contribution in [3.8, 4) is 0 Å². The molecule has 0 radical (unpaired) electrons. The fourth-order valence-electron chi connectivity index (χ4n) is 11.5. The van der Waals surface area contributed by atoms with Crippen molar-refractivity contribution >= 4 is 24.4 Å². The van der Waals surface area contributed by atoms with Crippen molar-refractivity contribution in [1.82, 2.24) is 36.0 Å². The number of likely N-dealkylation sites (tertiary alicyclic amines) is 2. The quantitative estimate of drug-likeness (QED) is 0.105. The van der Waals surface area contributed by atoms with Crippen LogP contribution >= 0.6 is 0 Å². The lowest BCUT2D eigenvalue weighted by Crippen LogP contribution is -2.57. The van der Waals surface area contributed by atoms with Crippen LogP contribution < -0.4 is 27.0 Å². The van der Waals surface area contributed by atoms with Crippen LogP contribution in [0.5, 0.6) is 0 Å². The zero-order valence-corrected chi connectivity index (χ0v) is 43.9. The first-order valence-corrected chi connectivity index (χ1v) is 27.5. The third kappa shape index (κ3) is 15.5. The zero-order valence-electron chi connectivity index (χ0n) is 43.9. The van der Waals surface area contributed by atoms with Crippen molar-refractivity contribution in [1.29, 1.82) is 0 Å². The standard InChI is InChI=1S/C16H22N2O3.C16H22N2O2.C14H18N2O2.C13H16N2O2/c19-15(20-12-14-4-2-1-3-5-14)18-10-11-21-16(13-18)6-8-17-9-7-16;19-15(20-12-14-4-2-1-3-5-14)18-10-7-16(8-11-18)6-9-17-13-16;17-14(18-9-10-4-2-1-3-5-10)16-8-13-11-6-15-7-12(11)13;14-12-10-6-15(7-11(10)12)13(16)17-8-9-4-2-1-3-5-9/h1-5,17H,6-13H2;1-5,17H,6-13H2;1-5,11-13,15H,6-9H2,(H,16,17);1-5,10-12H,6-8,14H2. The molecule has 17 nitrogen and oxygen atoms in total. The fraction of sp³-hybridized carbons (Fsp3) is 0.525. The first-order valence-electron chi connectivity index (χ1n) is 27.5. The van der Waals surface area contributed by atoms with Gasteiger partial charge in [0.1, 0.15) is 26.4 Å². The van der Waals surface area contributed by atoms with Gasteiger partial charge in [0.15, 0.2) is 0 Å². The monoisotopic (exact) mass is 1040 g/mol. The van der Waals surface area contributed by atoms with Crippen LogP contribution in [-0.2, 0) is 50.1 Å². The van der Waals surface area contributed by atoms with Gasteiger partial charge in [-0.2, -0.15) is 0 Å². The van der Waals surface area contributed by atoms with E-state index < -0.39 is 0 Å². The number of nitrogens with zero attached hydrogens (tertiary/aromatic N) is 3. The summed E-state index contributed by atoms with van der Waals surface area (Å²) in [5, 5.41) is 13.0.